The second kappa shape index (κ2) is 7.67. The molecule has 5 rings (SSSR count). The third kappa shape index (κ3) is 3.87. The molecule has 2 aliphatic heterocycles. The number of anilines is 1. The summed E-state index contributed by atoms with van der Waals surface area (Å²) in [5.41, 5.74) is 0.115. The molecule has 0 unspecified atom stereocenters. The van der Waals surface area contributed by atoms with Crippen molar-refractivity contribution in [2.75, 3.05) is 18.4 Å². The SMILES string of the molecule is O=C(Nc1ccccc1F)N[C@H]1C[C@H]2C(=O)NC[C@@H](Cc3nnc(C4CC4)o3)N2C1. The molecule has 10 heteroatoms. The van der Waals surface area contributed by atoms with Crippen LogP contribution in [-0.4, -0.2) is 58.3 Å². The van der Waals surface area contributed by atoms with Crippen molar-refractivity contribution in [1.82, 2.24) is 25.7 Å². The van der Waals surface area contributed by atoms with Gasteiger partial charge in [0.1, 0.15) is 5.82 Å². The molecule has 30 heavy (non-hydrogen) atoms. The van der Waals surface area contributed by atoms with Crippen LogP contribution in [0.1, 0.15) is 37.0 Å². The van der Waals surface area contributed by atoms with Crippen LogP contribution in [0.2, 0.25) is 0 Å². The van der Waals surface area contributed by atoms with Crippen LogP contribution in [0.25, 0.3) is 0 Å². The lowest BCUT2D eigenvalue weighted by molar-refractivity contribution is -0.129. The van der Waals surface area contributed by atoms with Gasteiger partial charge in [0.15, 0.2) is 0 Å². The molecule has 1 saturated carbocycles. The Morgan fingerprint density at radius 3 is 2.93 bits per heavy atom. The van der Waals surface area contributed by atoms with E-state index in [4.69, 9.17) is 4.42 Å². The number of benzene rings is 1. The Labute approximate surface area is 172 Å². The lowest BCUT2D eigenvalue weighted by Gasteiger charge is -2.36. The first kappa shape index (κ1) is 19.0. The molecular weight excluding hydrogens is 391 g/mol. The Bertz CT molecular complexity index is 962. The fourth-order valence-corrected chi connectivity index (χ4v) is 4.22. The zero-order valence-electron chi connectivity index (χ0n) is 16.3. The maximum Gasteiger partial charge on any atom is 0.319 e. The van der Waals surface area contributed by atoms with Crippen LogP contribution in [0.5, 0.6) is 0 Å². The molecule has 2 saturated heterocycles. The topological polar surface area (TPSA) is 112 Å². The van der Waals surface area contributed by atoms with Gasteiger partial charge in [-0.3, -0.25) is 9.69 Å². The van der Waals surface area contributed by atoms with Crippen molar-refractivity contribution in [2.45, 2.75) is 49.7 Å². The van der Waals surface area contributed by atoms with Crippen molar-refractivity contribution in [2.24, 2.45) is 0 Å². The molecular formula is C20H23FN6O3. The number of amides is 3. The average molecular weight is 414 g/mol. The van der Waals surface area contributed by atoms with Crippen molar-refractivity contribution in [3.8, 4) is 0 Å². The summed E-state index contributed by atoms with van der Waals surface area (Å²) in [5.74, 6) is 1.13. The average Bonchev–Trinajstić information content (AvgIpc) is 3.31. The molecule has 3 N–H and O–H groups in total. The van der Waals surface area contributed by atoms with Crippen molar-refractivity contribution >= 4 is 17.6 Å². The molecule has 3 fully saturated rings. The lowest BCUT2D eigenvalue weighted by Crippen LogP contribution is -2.58. The van der Waals surface area contributed by atoms with E-state index in [1.54, 1.807) is 12.1 Å². The van der Waals surface area contributed by atoms with E-state index in [1.807, 2.05) is 0 Å². The van der Waals surface area contributed by atoms with E-state index in [9.17, 15) is 14.0 Å². The number of piperazine rings is 1. The third-order valence-corrected chi connectivity index (χ3v) is 5.90. The molecule has 1 aliphatic carbocycles. The number of nitrogens with one attached hydrogen (secondary N) is 3. The number of fused-ring (bicyclic) bond motifs is 1. The zero-order chi connectivity index (χ0) is 20.7. The van der Waals surface area contributed by atoms with Gasteiger partial charge >= 0.3 is 6.03 Å². The standard InChI is InChI=1S/C20H23FN6O3/c21-14-3-1-2-4-15(14)24-20(29)23-12-7-16-18(28)22-9-13(27(16)10-12)8-17-25-26-19(30-17)11-5-6-11/h1-4,11-13,16H,5-10H2,(H,22,28)(H2,23,24,29)/t12-,13+,16-/m0/s1. The normalized spacial score (nSPS) is 26.2. The molecule has 3 heterocycles. The van der Waals surface area contributed by atoms with Crippen LogP contribution in [0.4, 0.5) is 14.9 Å². The van der Waals surface area contributed by atoms with Crippen molar-refractivity contribution in [3.05, 3.63) is 41.9 Å². The predicted molar refractivity (Wildman–Crippen MR) is 104 cm³/mol. The van der Waals surface area contributed by atoms with E-state index in [2.05, 4.69) is 31.0 Å². The predicted octanol–water partition coefficient (Wildman–Crippen LogP) is 1.39. The molecule has 0 bridgehead atoms. The van der Waals surface area contributed by atoms with E-state index >= 15 is 0 Å². The smallest absolute Gasteiger partial charge is 0.319 e. The van der Waals surface area contributed by atoms with E-state index < -0.39 is 11.8 Å². The van der Waals surface area contributed by atoms with Gasteiger partial charge < -0.3 is 20.4 Å². The van der Waals surface area contributed by atoms with Crippen LogP contribution < -0.4 is 16.0 Å². The quantitative estimate of drug-likeness (QED) is 0.682. The Hall–Kier alpha value is -3.01. The minimum absolute atomic E-state index is 0.0154. The number of urea groups is 1. The number of carbonyl (C=O) groups is 2. The van der Waals surface area contributed by atoms with Gasteiger partial charge in [-0.1, -0.05) is 12.1 Å². The molecule has 1 aromatic carbocycles. The van der Waals surface area contributed by atoms with Crippen LogP contribution in [0, 0.1) is 5.82 Å². The molecule has 3 amide bonds. The number of hydrogen-bond acceptors (Lipinski definition) is 6. The highest BCUT2D eigenvalue weighted by molar-refractivity contribution is 5.90. The van der Waals surface area contributed by atoms with Crippen LogP contribution in [0.3, 0.4) is 0 Å². The summed E-state index contributed by atoms with van der Waals surface area (Å²) in [4.78, 5) is 26.8. The maximum absolute atomic E-state index is 13.7. The van der Waals surface area contributed by atoms with Gasteiger partial charge in [-0.05, 0) is 31.4 Å². The minimum Gasteiger partial charge on any atom is -0.425 e. The molecule has 9 nitrogen and oxygen atoms in total. The zero-order valence-corrected chi connectivity index (χ0v) is 16.3. The fraction of sp³-hybridized carbons (Fsp3) is 0.500. The van der Waals surface area contributed by atoms with Crippen molar-refractivity contribution in [1.29, 1.82) is 0 Å². The molecule has 158 valence electrons. The number of nitrogens with zero attached hydrogens (tertiary/aromatic N) is 3. The fourth-order valence-electron chi connectivity index (χ4n) is 4.22. The Morgan fingerprint density at radius 1 is 1.30 bits per heavy atom. The first-order valence-corrected chi connectivity index (χ1v) is 10.2. The number of carbonyl (C=O) groups excluding carboxylic acids is 2. The second-order valence-corrected chi connectivity index (χ2v) is 8.13. The molecule has 2 aromatic rings. The Morgan fingerprint density at radius 2 is 2.13 bits per heavy atom. The molecule has 3 atom stereocenters. The first-order chi connectivity index (χ1) is 14.6. The number of rotatable bonds is 5. The van der Waals surface area contributed by atoms with E-state index in [0.29, 0.717) is 43.6 Å². The van der Waals surface area contributed by atoms with Crippen molar-refractivity contribution < 1.29 is 18.4 Å². The summed E-state index contributed by atoms with van der Waals surface area (Å²) in [5, 5.41) is 16.6. The van der Waals surface area contributed by atoms with Crippen LogP contribution in [0.15, 0.2) is 28.7 Å². The summed E-state index contributed by atoms with van der Waals surface area (Å²) >= 11 is 0. The molecule has 3 aliphatic rings. The van der Waals surface area contributed by atoms with E-state index in [-0.39, 0.29) is 29.7 Å². The minimum atomic E-state index is -0.499. The maximum atomic E-state index is 13.7. The van der Waals surface area contributed by atoms with Gasteiger partial charge in [0, 0.05) is 37.5 Å². The number of halogens is 1. The van der Waals surface area contributed by atoms with Gasteiger partial charge in [0.05, 0.1) is 11.7 Å². The van der Waals surface area contributed by atoms with E-state index in [1.165, 1.54) is 12.1 Å². The highest BCUT2D eigenvalue weighted by Gasteiger charge is 2.44. The Balaban J connectivity index is 1.21. The number of para-hydroxylation sites is 1. The van der Waals surface area contributed by atoms with Crippen LogP contribution >= 0.6 is 0 Å². The molecule has 0 radical (unpaired) electrons. The molecule has 1 aromatic heterocycles. The lowest BCUT2D eigenvalue weighted by atomic mass is 10.1. The van der Waals surface area contributed by atoms with Gasteiger partial charge in [0.25, 0.3) is 0 Å². The second-order valence-electron chi connectivity index (χ2n) is 8.13. The van der Waals surface area contributed by atoms with E-state index in [0.717, 1.165) is 12.8 Å². The summed E-state index contributed by atoms with van der Waals surface area (Å²) in [6, 6.07) is 4.96. The van der Waals surface area contributed by atoms with Gasteiger partial charge in [-0.2, -0.15) is 0 Å². The summed E-state index contributed by atoms with van der Waals surface area (Å²) in [6.07, 6.45) is 3.23. The van der Waals surface area contributed by atoms with Gasteiger partial charge in [-0.15, -0.1) is 10.2 Å². The summed E-state index contributed by atoms with van der Waals surface area (Å²) in [7, 11) is 0. The number of hydrogen-bond donors (Lipinski definition) is 3. The van der Waals surface area contributed by atoms with Crippen LogP contribution in [-0.2, 0) is 11.2 Å². The first-order valence-electron chi connectivity index (χ1n) is 10.2. The Kier molecular flexibility index (Phi) is 4.86. The third-order valence-electron chi connectivity index (χ3n) is 5.90. The molecule has 0 spiro atoms. The van der Waals surface area contributed by atoms with Crippen molar-refractivity contribution in [3.63, 3.8) is 0 Å². The number of aromatic nitrogens is 2. The summed E-state index contributed by atoms with van der Waals surface area (Å²) < 4.78 is 19.5. The highest BCUT2D eigenvalue weighted by Crippen LogP contribution is 2.39. The monoisotopic (exact) mass is 414 g/mol. The van der Waals surface area contributed by atoms with Gasteiger partial charge in [-0.25, -0.2) is 9.18 Å². The van der Waals surface area contributed by atoms with Gasteiger partial charge in [0.2, 0.25) is 17.7 Å². The highest BCUT2D eigenvalue weighted by atomic mass is 19.1. The summed E-state index contributed by atoms with van der Waals surface area (Å²) in [6.45, 7) is 1.02. The largest absolute Gasteiger partial charge is 0.425 e.